The Morgan fingerprint density at radius 2 is 2.25 bits per heavy atom. The van der Waals surface area contributed by atoms with Crippen molar-refractivity contribution in [1.29, 1.82) is 0 Å². The summed E-state index contributed by atoms with van der Waals surface area (Å²) in [5.74, 6) is 0.246. The van der Waals surface area contributed by atoms with Crippen LogP contribution in [0.1, 0.15) is 42.0 Å². The second-order valence-corrected chi connectivity index (χ2v) is 4.50. The van der Waals surface area contributed by atoms with E-state index in [1.807, 2.05) is 6.07 Å². The van der Waals surface area contributed by atoms with Gasteiger partial charge in [-0.15, -0.1) is 0 Å². The molecule has 1 heterocycles. The minimum absolute atomic E-state index is 0.293. The summed E-state index contributed by atoms with van der Waals surface area (Å²) >= 11 is 0. The number of H-pyrrole nitrogens is 1. The average molecular weight is 219 g/mol. The predicted molar refractivity (Wildman–Crippen MR) is 63.3 cm³/mol. The smallest absolute Gasteiger partial charge is 0.354 e. The molecule has 86 valence electrons. The maximum atomic E-state index is 11.4. The van der Waals surface area contributed by atoms with E-state index in [-0.39, 0.29) is 5.97 Å². The van der Waals surface area contributed by atoms with Gasteiger partial charge >= 0.3 is 5.97 Å². The molecule has 1 aromatic heterocycles. The van der Waals surface area contributed by atoms with Crippen molar-refractivity contribution in [3.63, 3.8) is 0 Å². The summed E-state index contributed by atoms with van der Waals surface area (Å²) in [6.07, 6.45) is 4.33. The molecule has 0 amide bonds. The molecule has 1 aliphatic carbocycles. The third kappa shape index (κ3) is 1.90. The van der Waals surface area contributed by atoms with Crippen LogP contribution < -0.4 is 0 Å². The topological polar surface area (TPSA) is 42.1 Å². The molecule has 0 unspecified atom stereocenters. The van der Waals surface area contributed by atoms with Crippen molar-refractivity contribution in [3.05, 3.63) is 29.1 Å². The van der Waals surface area contributed by atoms with Crippen molar-refractivity contribution in [2.24, 2.45) is 5.92 Å². The fraction of sp³-hybridized carbons (Fsp3) is 0.462. The molecule has 1 aliphatic rings. The number of nitrogens with one attached hydrogen (secondary N) is 1. The Labute approximate surface area is 95.5 Å². The molecule has 1 aromatic rings. The second-order valence-electron chi connectivity index (χ2n) is 4.50. The lowest BCUT2D eigenvalue weighted by atomic mass is 10.1. The van der Waals surface area contributed by atoms with E-state index in [1.54, 1.807) is 0 Å². The lowest BCUT2D eigenvalue weighted by molar-refractivity contribution is 0.0594. The summed E-state index contributed by atoms with van der Waals surface area (Å²) in [4.78, 5) is 14.5. The monoisotopic (exact) mass is 219 g/mol. The number of carbonyl (C=O) groups is 1. The number of hydrogen-bond acceptors (Lipinski definition) is 2. The van der Waals surface area contributed by atoms with Crippen LogP contribution in [0.3, 0.4) is 0 Å². The number of carbonyl (C=O) groups excluding carboxylic acids is 1. The van der Waals surface area contributed by atoms with Crippen LogP contribution in [0.5, 0.6) is 0 Å². The highest BCUT2D eigenvalue weighted by Crippen LogP contribution is 2.33. The lowest BCUT2D eigenvalue weighted by Crippen LogP contribution is -2.01. The number of allylic oxidation sites excluding steroid dienone is 2. The van der Waals surface area contributed by atoms with Gasteiger partial charge in [0.05, 0.1) is 7.11 Å². The van der Waals surface area contributed by atoms with Gasteiger partial charge in [0.25, 0.3) is 0 Å². The Morgan fingerprint density at radius 3 is 2.88 bits per heavy atom. The third-order valence-corrected chi connectivity index (χ3v) is 2.83. The Bertz CT molecular complexity index is 441. The molecule has 3 heteroatoms. The molecule has 0 saturated carbocycles. The van der Waals surface area contributed by atoms with E-state index in [2.05, 4.69) is 24.9 Å². The number of fused-ring (bicyclic) bond motifs is 1. The minimum atomic E-state index is -0.293. The van der Waals surface area contributed by atoms with Crippen molar-refractivity contribution in [3.8, 4) is 0 Å². The molecule has 0 bridgehead atoms. The predicted octanol–water partition coefficient (Wildman–Crippen LogP) is 2.79. The van der Waals surface area contributed by atoms with Crippen molar-refractivity contribution in [2.75, 3.05) is 7.11 Å². The molecule has 0 saturated heterocycles. The third-order valence-electron chi connectivity index (χ3n) is 2.83. The van der Waals surface area contributed by atoms with E-state index in [4.69, 9.17) is 4.74 Å². The number of methoxy groups -OCH3 is 1. The van der Waals surface area contributed by atoms with E-state index >= 15 is 0 Å². The van der Waals surface area contributed by atoms with Gasteiger partial charge in [0, 0.05) is 5.69 Å². The van der Waals surface area contributed by atoms with Crippen LogP contribution in [0.15, 0.2) is 12.1 Å². The fourth-order valence-corrected chi connectivity index (χ4v) is 2.17. The van der Waals surface area contributed by atoms with Gasteiger partial charge in [0.15, 0.2) is 0 Å². The summed E-state index contributed by atoms with van der Waals surface area (Å²) in [6, 6.07) is 1.91. The Morgan fingerprint density at radius 1 is 1.50 bits per heavy atom. The molecule has 0 atom stereocenters. The molecule has 0 spiro atoms. The van der Waals surface area contributed by atoms with Gasteiger partial charge in [-0.05, 0) is 36.0 Å². The normalized spacial score (nSPS) is 16.9. The molecule has 16 heavy (non-hydrogen) atoms. The highest BCUT2D eigenvalue weighted by molar-refractivity contribution is 5.90. The van der Waals surface area contributed by atoms with Crippen LogP contribution in [0.25, 0.3) is 5.57 Å². The average Bonchev–Trinajstić information content (AvgIpc) is 2.78. The van der Waals surface area contributed by atoms with Crippen LogP contribution in [-0.2, 0) is 11.2 Å². The van der Waals surface area contributed by atoms with Crippen LogP contribution in [0.2, 0.25) is 0 Å². The zero-order valence-corrected chi connectivity index (χ0v) is 9.96. The van der Waals surface area contributed by atoms with Gasteiger partial charge in [-0.2, -0.15) is 0 Å². The first kappa shape index (κ1) is 11.0. The number of esters is 1. The van der Waals surface area contributed by atoms with Crippen LogP contribution >= 0.6 is 0 Å². The number of ether oxygens (including phenoxy) is 1. The van der Waals surface area contributed by atoms with E-state index in [9.17, 15) is 4.79 Å². The summed E-state index contributed by atoms with van der Waals surface area (Å²) in [5, 5.41) is 0. The summed E-state index contributed by atoms with van der Waals surface area (Å²) in [7, 11) is 1.40. The van der Waals surface area contributed by atoms with Crippen LogP contribution in [0.4, 0.5) is 0 Å². The van der Waals surface area contributed by atoms with Crippen molar-refractivity contribution >= 4 is 11.5 Å². The summed E-state index contributed by atoms with van der Waals surface area (Å²) in [6.45, 7) is 4.33. The maximum absolute atomic E-state index is 11.4. The van der Waals surface area contributed by atoms with E-state index in [0.717, 1.165) is 18.5 Å². The molecular formula is C13H17NO2. The molecule has 1 N–H and O–H groups in total. The summed E-state index contributed by atoms with van der Waals surface area (Å²) in [5.41, 5.74) is 4.25. The molecule has 0 aliphatic heterocycles. The Hall–Kier alpha value is -1.51. The molecule has 0 fully saturated rings. The number of aryl methyl sites for hydroxylation is 1. The lowest BCUT2D eigenvalue weighted by Gasteiger charge is -2.00. The fourth-order valence-electron chi connectivity index (χ4n) is 2.17. The highest BCUT2D eigenvalue weighted by atomic mass is 16.5. The molecule has 0 aromatic carbocycles. The van der Waals surface area contributed by atoms with Crippen LogP contribution in [-0.4, -0.2) is 18.1 Å². The van der Waals surface area contributed by atoms with Crippen molar-refractivity contribution in [1.82, 2.24) is 4.98 Å². The standard InChI is InChI=1S/C13H17NO2/c1-8(2)6-9-4-5-11-10(9)7-12(14-11)13(15)16-3/h6-8,14H,4-5H2,1-3H3/b9-6+. The number of aromatic nitrogens is 1. The quantitative estimate of drug-likeness (QED) is 0.777. The maximum Gasteiger partial charge on any atom is 0.354 e. The van der Waals surface area contributed by atoms with Gasteiger partial charge in [-0.25, -0.2) is 4.79 Å². The van der Waals surface area contributed by atoms with E-state index in [0.29, 0.717) is 11.6 Å². The summed E-state index contributed by atoms with van der Waals surface area (Å²) < 4.78 is 4.70. The number of aromatic amines is 1. The van der Waals surface area contributed by atoms with Gasteiger partial charge in [0.2, 0.25) is 0 Å². The first-order chi connectivity index (χ1) is 7.61. The van der Waals surface area contributed by atoms with E-state index < -0.39 is 0 Å². The molecule has 3 nitrogen and oxygen atoms in total. The number of hydrogen-bond donors (Lipinski definition) is 1. The Balaban J connectivity index is 2.33. The second kappa shape index (κ2) is 4.16. The zero-order chi connectivity index (χ0) is 11.7. The minimum Gasteiger partial charge on any atom is -0.464 e. The van der Waals surface area contributed by atoms with E-state index in [1.165, 1.54) is 18.2 Å². The van der Waals surface area contributed by atoms with Crippen molar-refractivity contribution < 1.29 is 9.53 Å². The SMILES string of the molecule is COC(=O)c1cc2c([nH]1)CC/C2=C\C(C)C. The van der Waals surface area contributed by atoms with Gasteiger partial charge in [-0.3, -0.25) is 0 Å². The highest BCUT2D eigenvalue weighted by Gasteiger charge is 2.21. The zero-order valence-electron chi connectivity index (χ0n) is 9.96. The first-order valence-corrected chi connectivity index (χ1v) is 5.63. The molecule has 0 radical (unpaired) electrons. The van der Waals surface area contributed by atoms with Gasteiger partial charge in [0.1, 0.15) is 5.69 Å². The molecular weight excluding hydrogens is 202 g/mol. The van der Waals surface area contributed by atoms with Gasteiger partial charge < -0.3 is 9.72 Å². The van der Waals surface area contributed by atoms with Gasteiger partial charge in [-0.1, -0.05) is 19.9 Å². The molecule has 2 rings (SSSR count). The first-order valence-electron chi connectivity index (χ1n) is 5.63. The van der Waals surface area contributed by atoms with Crippen LogP contribution in [0, 0.1) is 5.92 Å². The Kier molecular flexibility index (Phi) is 2.86. The van der Waals surface area contributed by atoms with Crippen molar-refractivity contribution in [2.45, 2.75) is 26.7 Å². The number of rotatable bonds is 2. The largest absolute Gasteiger partial charge is 0.464 e.